The topological polar surface area (TPSA) is 0 Å². The fraction of sp³-hybridized carbons (Fsp3) is 0. The van der Waals surface area contributed by atoms with Gasteiger partial charge in [-0.3, -0.25) is 11.3 Å². The molecule has 32 valence electrons. The van der Waals surface area contributed by atoms with E-state index in [-0.39, 0.29) is 18.9 Å². The van der Waals surface area contributed by atoms with E-state index in [9.17, 15) is 0 Å². The maximum absolute atomic E-state index is 3.27. The molecule has 0 aliphatic heterocycles. The molecule has 0 saturated heterocycles. The number of rotatable bonds is 0. The van der Waals surface area contributed by atoms with E-state index in [2.05, 4.69) is 21.3 Å². The van der Waals surface area contributed by atoms with Gasteiger partial charge in [-0.1, -0.05) is 3.79 Å². The van der Waals surface area contributed by atoms with Gasteiger partial charge in [-0.05, 0) is 0 Å². The first-order chi connectivity index (χ1) is 2.89. The third-order valence-corrected chi connectivity index (χ3v) is 1.77. The number of thiophene rings is 1. The first-order valence-electron chi connectivity index (χ1n) is 1.51. The second-order valence-electron chi connectivity index (χ2n) is 0.857. The predicted octanol–water partition coefficient (Wildman–Crippen LogP) is -0.685. The summed E-state index contributed by atoms with van der Waals surface area (Å²) in [5.74, 6) is 0. The van der Waals surface area contributed by atoms with Gasteiger partial charge < -0.3 is 0 Å². The van der Waals surface area contributed by atoms with Gasteiger partial charge in [-0.15, -0.1) is 21.3 Å². The summed E-state index contributed by atoms with van der Waals surface area (Å²) in [6.07, 6.45) is 0. The summed E-state index contributed by atoms with van der Waals surface area (Å²) >= 11 is 4.84. The third kappa shape index (κ3) is 2.56. The largest absolute Gasteiger partial charge is 1.00 e. The minimum Gasteiger partial charge on any atom is -0.289 e. The molecular weight excluding hydrogens is 167 g/mol. The third-order valence-electron chi connectivity index (χ3n) is 0.439. The van der Waals surface area contributed by atoms with Crippen LogP contribution in [0.2, 0.25) is 0 Å². The van der Waals surface area contributed by atoms with Crippen molar-refractivity contribution < 1.29 is 18.9 Å². The van der Waals surface area contributed by atoms with E-state index < -0.39 is 0 Å². The van der Waals surface area contributed by atoms with Crippen LogP contribution in [0.1, 0.15) is 0 Å². The van der Waals surface area contributed by atoms with Gasteiger partial charge in [-0.2, -0.15) is 12.1 Å². The summed E-state index contributed by atoms with van der Waals surface area (Å²) in [4.78, 5) is 0. The van der Waals surface area contributed by atoms with Gasteiger partial charge in [0, 0.05) is 0 Å². The van der Waals surface area contributed by atoms with Crippen molar-refractivity contribution in [2.75, 3.05) is 0 Å². The van der Waals surface area contributed by atoms with Gasteiger partial charge in [0.05, 0.1) is 0 Å². The molecule has 0 bridgehead atoms. The molecule has 0 fully saturated rings. The molecule has 1 rings (SSSR count). The molecule has 0 N–H and O–H groups in total. The fourth-order valence-corrected chi connectivity index (χ4v) is 1.02. The Hall–Kier alpha value is 0.777. The van der Waals surface area contributed by atoms with E-state index in [4.69, 9.17) is 0 Å². The van der Waals surface area contributed by atoms with Crippen LogP contribution in [-0.2, 0) is 0 Å². The van der Waals surface area contributed by atoms with E-state index in [0.29, 0.717) is 0 Å². The van der Waals surface area contributed by atoms with Gasteiger partial charge in [0.2, 0.25) is 0 Å². The zero-order valence-electron chi connectivity index (χ0n) is 3.94. The molecule has 3 heteroatoms. The molecule has 0 amide bonds. The number of hydrogen-bond donors (Lipinski definition) is 0. The summed E-state index contributed by atoms with van der Waals surface area (Å²) in [5, 5.41) is 2.92. The van der Waals surface area contributed by atoms with Crippen LogP contribution in [0.25, 0.3) is 0 Å². The molecular formula is C4H2BrLiS. The van der Waals surface area contributed by atoms with Crippen LogP contribution >= 0.6 is 27.3 Å². The van der Waals surface area contributed by atoms with Crippen LogP contribution in [0.5, 0.6) is 0 Å². The van der Waals surface area contributed by atoms with Crippen molar-refractivity contribution >= 4 is 27.3 Å². The van der Waals surface area contributed by atoms with Crippen molar-refractivity contribution in [1.29, 1.82) is 0 Å². The Labute approximate surface area is 67.2 Å². The molecule has 0 aromatic carbocycles. The molecule has 0 unspecified atom stereocenters. The van der Waals surface area contributed by atoms with Crippen molar-refractivity contribution in [2.24, 2.45) is 0 Å². The smallest absolute Gasteiger partial charge is 0.289 e. The standard InChI is InChI=1S/C4H2BrS.Li/c5-4-2-1-3-6-4;/h1-2H;/q-1;+1. The summed E-state index contributed by atoms with van der Waals surface area (Å²) in [5.41, 5.74) is 0. The second kappa shape index (κ2) is 3.74. The van der Waals surface area contributed by atoms with Crippen molar-refractivity contribution in [2.45, 2.75) is 0 Å². The van der Waals surface area contributed by atoms with Gasteiger partial charge in [0.1, 0.15) is 0 Å². The average molecular weight is 169 g/mol. The van der Waals surface area contributed by atoms with Crippen LogP contribution in [0, 0.1) is 5.38 Å². The Morgan fingerprint density at radius 2 is 2.43 bits per heavy atom. The number of hydrogen-bond acceptors (Lipinski definition) is 1. The molecule has 0 radical (unpaired) electrons. The molecule has 0 atom stereocenters. The molecule has 0 nitrogen and oxygen atoms in total. The maximum atomic E-state index is 3.27. The van der Waals surface area contributed by atoms with E-state index in [1.54, 1.807) is 11.3 Å². The van der Waals surface area contributed by atoms with Crippen LogP contribution < -0.4 is 18.9 Å². The summed E-state index contributed by atoms with van der Waals surface area (Å²) in [6, 6.07) is 3.85. The van der Waals surface area contributed by atoms with Gasteiger partial charge >= 0.3 is 18.9 Å². The summed E-state index contributed by atoms with van der Waals surface area (Å²) in [6.45, 7) is 0. The normalized spacial score (nSPS) is 7.57. The van der Waals surface area contributed by atoms with E-state index in [1.165, 1.54) is 0 Å². The van der Waals surface area contributed by atoms with Crippen LogP contribution in [-0.4, -0.2) is 0 Å². The molecule has 0 aliphatic carbocycles. The van der Waals surface area contributed by atoms with Crippen molar-refractivity contribution in [3.05, 3.63) is 21.3 Å². The predicted molar refractivity (Wildman–Crippen MR) is 30.9 cm³/mol. The minimum absolute atomic E-state index is 0. The first kappa shape index (κ1) is 7.78. The zero-order valence-corrected chi connectivity index (χ0v) is 6.34. The fourth-order valence-electron chi connectivity index (χ4n) is 0.224. The monoisotopic (exact) mass is 168 g/mol. The van der Waals surface area contributed by atoms with Crippen molar-refractivity contribution in [3.8, 4) is 0 Å². The maximum Gasteiger partial charge on any atom is 1.00 e. The molecule has 1 aromatic heterocycles. The molecule has 0 saturated carbocycles. The van der Waals surface area contributed by atoms with E-state index in [0.717, 1.165) is 3.79 Å². The van der Waals surface area contributed by atoms with Crippen molar-refractivity contribution in [1.82, 2.24) is 0 Å². The van der Waals surface area contributed by atoms with Gasteiger partial charge in [0.25, 0.3) is 0 Å². The minimum atomic E-state index is 0. The molecule has 0 spiro atoms. The van der Waals surface area contributed by atoms with Gasteiger partial charge in [-0.25, -0.2) is 0 Å². The summed E-state index contributed by atoms with van der Waals surface area (Å²) in [7, 11) is 0. The Morgan fingerprint density at radius 3 is 2.57 bits per heavy atom. The van der Waals surface area contributed by atoms with Gasteiger partial charge in [0.15, 0.2) is 0 Å². The summed E-state index contributed by atoms with van der Waals surface area (Å²) < 4.78 is 1.14. The second-order valence-corrected chi connectivity index (χ2v) is 3.12. The zero-order chi connectivity index (χ0) is 4.41. The number of halogens is 1. The van der Waals surface area contributed by atoms with Crippen LogP contribution in [0.3, 0.4) is 0 Å². The van der Waals surface area contributed by atoms with Crippen molar-refractivity contribution in [3.63, 3.8) is 0 Å². The molecule has 1 aromatic rings. The van der Waals surface area contributed by atoms with Crippen LogP contribution in [0.4, 0.5) is 0 Å². The Balaban J connectivity index is 0.000000360. The SMILES string of the molecule is Brc1cc[c-]s1.[Li+]. The van der Waals surface area contributed by atoms with E-state index in [1.807, 2.05) is 12.1 Å². The molecule has 7 heavy (non-hydrogen) atoms. The Morgan fingerprint density at radius 1 is 1.71 bits per heavy atom. The Bertz CT molecular complexity index is 115. The molecule has 0 aliphatic rings. The first-order valence-corrected chi connectivity index (χ1v) is 3.12. The quantitative estimate of drug-likeness (QED) is 0.356. The molecule has 1 heterocycles. The Kier molecular flexibility index (Phi) is 4.16. The average Bonchev–Trinajstić information content (AvgIpc) is 1.86. The van der Waals surface area contributed by atoms with E-state index >= 15 is 0 Å². The van der Waals surface area contributed by atoms with Crippen LogP contribution in [0.15, 0.2) is 15.9 Å².